The maximum atomic E-state index is 12.5. The summed E-state index contributed by atoms with van der Waals surface area (Å²) >= 11 is 1.42. The summed E-state index contributed by atoms with van der Waals surface area (Å²) in [6.45, 7) is 4.55. The van der Waals surface area contributed by atoms with Crippen molar-refractivity contribution in [3.8, 4) is 22.9 Å². The van der Waals surface area contributed by atoms with Crippen molar-refractivity contribution < 1.29 is 14.3 Å². The van der Waals surface area contributed by atoms with Crippen molar-refractivity contribution in [3.05, 3.63) is 40.9 Å². The van der Waals surface area contributed by atoms with Crippen molar-refractivity contribution in [1.29, 1.82) is 0 Å². The zero-order chi connectivity index (χ0) is 18.7. The molecule has 0 saturated heterocycles. The molecule has 0 spiro atoms. The average molecular weight is 372 g/mol. The van der Waals surface area contributed by atoms with Gasteiger partial charge in [0.25, 0.3) is 5.91 Å². The summed E-state index contributed by atoms with van der Waals surface area (Å²) < 4.78 is 12.1. The highest BCUT2D eigenvalue weighted by atomic mass is 32.1. The van der Waals surface area contributed by atoms with Gasteiger partial charge in [-0.2, -0.15) is 0 Å². The Morgan fingerprint density at radius 1 is 1.31 bits per heavy atom. The van der Waals surface area contributed by atoms with Crippen LogP contribution in [0.4, 0.5) is 5.13 Å². The Balaban J connectivity index is 1.80. The fourth-order valence-electron chi connectivity index (χ4n) is 2.53. The Morgan fingerprint density at radius 3 is 2.69 bits per heavy atom. The highest BCUT2D eigenvalue weighted by Gasteiger charge is 2.19. The first-order valence-corrected chi connectivity index (χ1v) is 8.93. The lowest BCUT2D eigenvalue weighted by Gasteiger charge is -2.04. The van der Waals surface area contributed by atoms with E-state index in [9.17, 15) is 4.79 Å². The molecule has 2 aromatic heterocycles. The molecule has 136 valence electrons. The number of aromatic nitrogens is 3. The van der Waals surface area contributed by atoms with Gasteiger partial charge < -0.3 is 9.47 Å². The predicted molar refractivity (Wildman–Crippen MR) is 101 cm³/mol. The molecule has 0 radical (unpaired) electrons. The smallest absolute Gasteiger partial charge is 0.264 e. The van der Waals surface area contributed by atoms with Crippen LogP contribution in [0.15, 0.2) is 30.5 Å². The third-order valence-electron chi connectivity index (χ3n) is 3.69. The lowest BCUT2D eigenvalue weighted by Crippen LogP contribution is -2.12. The molecule has 8 heteroatoms. The maximum absolute atomic E-state index is 12.5. The zero-order valence-corrected chi connectivity index (χ0v) is 15.9. The van der Waals surface area contributed by atoms with E-state index in [1.165, 1.54) is 23.1 Å². The molecule has 0 aliphatic heterocycles. The number of carbonyl (C=O) groups excluding carboxylic acids is 1. The molecule has 3 aromatic rings. The van der Waals surface area contributed by atoms with Gasteiger partial charge in [0.2, 0.25) is 5.88 Å². The van der Waals surface area contributed by atoms with Crippen molar-refractivity contribution in [3.63, 3.8) is 0 Å². The van der Waals surface area contributed by atoms with Crippen LogP contribution in [0.25, 0.3) is 11.3 Å². The highest BCUT2D eigenvalue weighted by Crippen LogP contribution is 2.31. The van der Waals surface area contributed by atoms with E-state index in [0.717, 1.165) is 21.9 Å². The van der Waals surface area contributed by atoms with Crippen molar-refractivity contribution in [2.24, 2.45) is 7.05 Å². The molecule has 0 bridgehead atoms. The molecule has 0 aliphatic carbocycles. The van der Waals surface area contributed by atoms with E-state index in [-0.39, 0.29) is 11.8 Å². The summed E-state index contributed by atoms with van der Waals surface area (Å²) in [6.07, 6.45) is 1.61. The van der Waals surface area contributed by atoms with Gasteiger partial charge in [0.05, 0.1) is 19.4 Å². The molecular weight excluding hydrogens is 352 g/mol. The van der Waals surface area contributed by atoms with Crippen LogP contribution in [0.1, 0.15) is 22.2 Å². The molecular formula is C18H20N4O3S. The zero-order valence-electron chi connectivity index (χ0n) is 15.1. The molecule has 2 heterocycles. The van der Waals surface area contributed by atoms with Crippen molar-refractivity contribution in [2.45, 2.75) is 13.8 Å². The minimum absolute atomic E-state index is 0.282. The van der Waals surface area contributed by atoms with Crippen LogP contribution in [-0.2, 0) is 7.05 Å². The van der Waals surface area contributed by atoms with E-state index in [0.29, 0.717) is 17.3 Å². The normalized spacial score (nSPS) is 10.6. The van der Waals surface area contributed by atoms with Crippen molar-refractivity contribution in [1.82, 2.24) is 14.8 Å². The van der Waals surface area contributed by atoms with Crippen molar-refractivity contribution >= 4 is 22.4 Å². The number of rotatable bonds is 6. The van der Waals surface area contributed by atoms with Gasteiger partial charge in [-0.15, -0.1) is 16.4 Å². The Labute approximate surface area is 155 Å². The highest BCUT2D eigenvalue weighted by molar-refractivity contribution is 7.16. The molecule has 0 unspecified atom stereocenters. The molecule has 0 fully saturated rings. The first-order valence-electron chi connectivity index (χ1n) is 8.11. The summed E-state index contributed by atoms with van der Waals surface area (Å²) in [7, 11) is 3.22. The number of hydrogen-bond donors (Lipinski definition) is 1. The molecule has 26 heavy (non-hydrogen) atoms. The van der Waals surface area contributed by atoms with Gasteiger partial charge in [-0.05, 0) is 38.1 Å². The van der Waals surface area contributed by atoms with Crippen LogP contribution in [0.3, 0.4) is 0 Å². The fourth-order valence-corrected chi connectivity index (χ4v) is 3.36. The minimum atomic E-state index is -0.304. The summed E-state index contributed by atoms with van der Waals surface area (Å²) in [4.78, 5) is 18.1. The van der Waals surface area contributed by atoms with Gasteiger partial charge >= 0.3 is 0 Å². The minimum Gasteiger partial charge on any atom is -0.494 e. The second-order valence-electron chi connectivity index (χ2n) is 5.56. The van der Waals surface area contributed by atoms with Crippen LogP contribution in [0.2, 0.25) is 0 Å². The molecule has 0 saturated carbocycles. The maximum Gasteiger partial charge on any atom is 0.264 e. The SMILES string of the molecule is CCOc1ccc(-c2nc(NC(=O)c3cn(C)nc3OC)sc2C)cc1. The van der Waals surface area contributed by atoms with Crippen molar-refractivity contribution in [2.75, 3.05) is 19.0 Å². The molecule has 3 rings (SSSR count). The van der Waals surface area contributed by atoms with E-state index in [4.69, 9.17) is 9.47 Å². The van der Waals surface area contributed by atoms with E-state index in [1.54, 1.807) is 13.2 Å². The topological polar surface area (TPSA) is 78.3 Å². The van der Waals surface area contributed by atoms with Gasteiger partial charge in [0, 0.05) is 23.7 Å². The number of carbonyl (C=O) groups is 1. The third-order valence-corrected chi connectivity index (χ3v) is 4.57. The lowest BCUT2D eigenvalue weighted by molar-refractivity contribution is 0.102. The molecule has 1 amide bonds. The number of ether oxygens (including phenoxy) is 2. The summed E-state index contributed by atoms with van der Waals surface area (Å²) in [5.74, 6) is 0.799. The molecule has 0 aliphatic rings. The van der Waals surface area contributed by atoms with Crippen LogP contribution >= 0.6 is 11.3 Å². The number of aryl methyl sites for hydroxylation is 2. The second kappa shape index (κ2) is 7.57. The first kappa shape index (κ1) is 17.9. The number of methoxy groups -OCH3 is 1. The Bertz CT molecular complexity index is 915. The fraction of sp³-hybridized carbons (Fsp3) is 0.278. The van der Waals surface area contributed by atoms with Crippen LogP contribution < -0.4 is 14.8 Å². The van der Waals surface area contributed by atoms with Crippen LogP contribution in [0, 0.1) is 6.92 Å². The number of nitrogens with one attached hydrogen (secondary N) is 1. The van der Waals surface area contributed by atoms with E-state index >= 15 is 0 Å². The number of amides is 1. The predicted octanol–water partition coefficient (Wildman–Crippen LogP) is 3.51. The number of anilines is 1. The monoisotopic (exact) mass is 372 g/mol. The Morgan fingerprint density at radius 2 is 2.04 bits per heavy atom. The standard InChI is InChI=1S/C18H20N4O3S/c1-5-25-13-8-6-12(7-9-13)15-11(2)26-18(19-15)20-16(23)14-10-22(3)21-17(14)24-4/h6-10H,5H2,1-4H3,(H,19,20,23). The summed E-state index contributed by atoms with van der Waals surface area (Å²) in [5, 5.41) is 7.44. The Hall–Kier alpha value is -2.87. The number of benzene rings is 1. The average Bonchev–Trinajstić information content (AvgIpc) is 3.18. The quantitative estimate of drug-likeness (QED) is 0.716. The van der Waals surface area contributed by atoms with Gasteiger partial charge in [-0.1, -0.05) is 0 Å². The van der Waals surface area contributed by atoms with Gasteiger partial charge in [-0.3, -0.25) is 14.8 Å². The molecule has 1 N–H and O–H groups in total. The summed E-state index contributed by atoms with van der Waals surface area (Å²) in [6, 6.07) is 7.75. The van der Waals surface area contributed by atoms with E-state index in [1.807, 2.05) is 38.1 Å². The summed E-state index contributed by atoms with van der Waals surface area (Å²) in [5.41, 5.74) is 2.18. The molecule has 1 aromatic carbocycles. The van der Waals surface area contributed by atoms with E-state index < -0.39 is 0 Å². The first-order chi connectivity index (χ1) is 12.5. The van der Waals surface area contributed by atoms with Crippen LogP contribution in [-0.4, -0.2) is 34.4 Å². The van der Waals surface area contributed by atoms with Gasteiger partial charge in [0.15, 0.2) is 5.13 Å². The lowest BCUT2D eigenvalue weighted by atomic mass is 10.1. The van der Waals surface area contributed by atoms with E-state index in [2.05, 4.69) is 15.4 Å². The molecule has 7 nitrogen and oxygen atoms in total. The number of nitrogens with zero attached hydrogens (tertiary/aromatic N) is 3. The molecule has 0 atom stereocenters. The van der Waals surface area contributed by atoms with Crippen LogP contribution in [0.5, 0.6) is 11.6 Å². The van der Waals surface area contributed by atoms with Gasteiger partial charge in [-0.25, -0.2) is 4.98 Å². The van der Waals surface area contributed by atoms with Gasteiger partial charge in [0.1, 0.15) is 11.3 Å². The number of hydrogen-bond acceptors (Lipinski definition) is 6. The Kier molecular flexibility index (Phi) is 5.22. The second-order valence-corrected chi connectivity index (χ2v) is 6.76. The number of thiazole rings is 1. The largest absolute Gasteiger partial charge is 0.494 e. The third kappa shape index (κ3) is 3.70.